The number of aromatic nitrogens is 4. The highest BCUT2D eigenvalue weighted by molar-refractivity contribution is 7.13. The van der Waals surface area contributed by atoms with Crippen molar-refractivity contribution >= 4 is 33.3 Å². The van der Waals surface area contributed by atoms with Gasteiger partial charge in [-0.15, -0.1) is 11.3 Å². The zero-order valence-corrected chi connectivity index (χ0v) is 15.1. The zero-order chi connectivity index (χ0) is 18.4. The Hall–Kier alpha value is -3.03. The minimum atomic E-state index is -0.256. The Labute approximate surface area is 158 Å². The zero-order valence-electron chi connectivity index (χ0n) is 14.3. The van der Waals surface area contributed by atoms with Gasteiger partial charge in [0.05, 0.1) is 5.69 Å². The molecular formula is C20H16FN5S. The second-order valence-electron chi connectivity index (χ2n) is 6.33. The van der Waals surface area contributed by atoms with Gasteiger partial charge in [-0.2, -0.15) is 0 Å². The average molecular weight is 377 g/mol. The SMILES string of the molecule is NCCn1cc(-c2nc(-c3c[nH]c4ncccc34)cs2)c2cc(F)ccc21. The van der Waals surface area contributed by atoms with Gasteiger partial charge in [-0.25, -0.2) is 14.4 Å². The van der Waals surface area contributed by atoms with Crippen molar-refractivity contribution in [3.05, 3.63) is 60.1 Å². The number of hydrogen-bond donors (Lipinski definition) is 2. The van der Waals surface area contributed by atoms with Crippen LogP contribution in [-0.4, -0.2) is 26.1 Å². The van der Waals surface area contributed by atoms with Gasteiger partial charge in [-0.1, -0.05) is 0 Å². The Kier molecular flexibility index (Phi) is 3.77. The minimum absolute atomic E-state index is 0.256. The summed E-state index contributed by atoms with van der Waals surface area (Å²) in [6.07, 6.45) is 5.69. The van der Waals surface area contributed by atoms with Crippen molar-refractivity contribution in [3.8, 4) is 21.8 Å². The van der Waals surface area contributed by atoms with E-state index >= 15 is 0 Å². The minimum Gasteiger partial charge on any atom is -0.345 e. The fourth-order valence-electron chi connectivity index (χ4n) is 3.45. The summed E-state index contributed by atoms with van der Waals surface area (Å²) in [7, 11) is 0. The van der Waals surface area contributed by atoms with Gasteiger partial charge in [0, 0.05) is 64.5 Å². The van der Waals surface area contributed by atoms with Crippen LogP contribution in [0.2, 0.25) is 0 Å². The standard InChI is InChI=1S/C20H16FN5S/c21-12-3-4-18-14(8-12)16(10-26(18)7-5-22)20-25-17(11-27-20)15-9-24-19-13(15)2-1-6-23-19/h1-4,6,8-11H,5,7,22H2,(H,23,24). The number of H-pyrrole nitrogens is 1. The first-order valence-electron chi connectivity index (χ1n) is 8.61. The Morgan fingerprint density at radius 3 is 3.00 bits per heavy atom. The molecule has 5 aromatic rings. The van der Waals surface area contributed by atoms with Crippen LogP contribution in [0.3, 0.4) is 0 Å². The van der Waals surface area contributed by atoms with Gasteiger partial charge < -0.3 is 15.3 Å². The smallest absolute Gasteiger partial charge is 0.137 e. The lowest BCUT2D eigenvalue weighted by molar-refractivity contribution is 0.629. The number of rotatable bonds is 4. The quantitative estimate of drug-likeness (QED) is 0.487. The highest BCUT2D eigenvalue weighted by Crippen LogP contribution is 2.36. The van der Waals surface area contributed by atoms with Gasteiger partial charge in [-0.05, 0) is 30.3 Å². The molecule has 1 aromatic carbocycles. The predicted molar refractivity (Wildman–Crippen MR) is 107 cm³/mol. The topological polar surface area (TPSA) is 72.5 Å². The molecule has 7 heteroatoms. The summed E-state index contributed by atoms with van der Waals surface area (Å²) in [5.74, 6) is -0.256. The fraction of sp³-hybridized carbons (Fsp3) is 0.100. The number of nitrogens with one attached hydrogen (secondary N) is 1. The van der Waals surface area contributed by atoms with Crippen molar-refractivity contribution in [1.29, 1.82) is 0 Å². The van der Waals surface area contributed by atoms with Crippen LogP contribution in [0.4, 0.5) is 4.39 Å². The molecule has 0 aliphatic carbocycles. The predicted octanol–water partition coefficient (Wildman–Crippen LogP) is 4.41. The highest BCUT2D eigenvalue weighted by atomic mass is 32.1. The molecule has 134 valence electrons. The van der Waals surface area contributed by atoms with Crippen molar-refractivity contribution in [2.45, 2.75) is 6.54 Å². The molecule has 0 aliphatic rings. The number of nitrogens with zero attached hydrogens (tertiary/aromatic N) is 3. The molecule has 0 atom stereocenters. The maximum Gasteiger partial charge on any atom is 0.137 e. The second kappa shape index (κ2) is 6.29. The van der Waals surface area contributed by atoms with Crippen LogP contribution in [0.5, 0.6) is 0 Å². The molecule has 0 fully saturated rings. The molecule has 0 saturated heterocycles. The Bertz CT molecular complexity index is 1270. The van der Waals surface area contributed by atoms with E-state index in [4.69, 9.17) is 10.7 Å². The van der Waals surface area contributed by atoms with Gasteiger partial charge in [-0.3, -0.25) is 0 Å². The maximum absolute atomic E-state index is 13.9. The third-order valence-corrected chi connectivity index (χ3v) is 5.55. The number of pyridine rings is 1. The summed E-state index contributed by atoms with van der Waals surface area (Å²) in [5, 5.41) is 4.77. The van der Waals surface area contributed by atoms with Crippen LogP contribution in [0.15, 0.2) is 54.3 Å². The van der Waals surface area contributed by atoms with E-state index < -0.39 is 0 Å². The first-order chi connectivity index (χ1) is 13.2. The van der Waals surface area contributed by atoms with Gasteiger partial charge in [0.2, 0.25) is 0 Å². The Morgan fingerprint density at radius 2 is 2.11 bits per heavy atom. The van der Waals surface area contributed by atoms with Crippen molar-refractivity contribution in [2.75, 3.05) is 6.54 Å². The van der Waals surface area contributed by atoms with Crippen molar-refractivity contribution in [2.24, 2.45) is 5.73 Å². The van der Waals surface area contributed by atoms with Crippen LogP contribution >= 0.6 is 11.3 Å². The van der Waals surface area contributed by atoms with Crippen LogP contribution in [0.1, 0.15) is 0 Å². The molecule has 0 aliphatic heterocycles. The number of benzene rings is 1. The van der Waals surface area contributed by atoms with Crippen molar-refractivity contribution in [3.63, 3.8) is 0 Å². The van der Waals surface area contributed by atoms with E-state index in [1.54, 1.807) is 29.7 Å². The van der Waals surface area contributed by atoms with E-state index in [0.29, 0.717) is 13.1 Å². The highest BCUT2D eigenvalue weighted by Gasteiger charge is 2.16. The van der Waals surface area contributed by atoms with Crippen molar-refractivity contribution in [1.82, 2.24) is 19.5 Å². The summed E-state index contributed by atoms with van der Waals surface area (Å²) >= 11 is 1.55. The van der Waals surface area contributed by atoms with E-state index in [2.05, 4.69) is 14.5 Å². The number of aromatic amines is 1. The van der Waals surface area contributed by atoms with E-state index in [9.17, 15) is 4.39 Å². The molecule has 4 aromatic heterocycles. The number of fused-ring (bicyclic) bond motifs is 2. The number of nitrogens with two attached hydrogens (primary N) is 1. The molecule has 0 radical (unpaired) electrons. The van der Waals surface area contributed by atoms with E-state index in [0.717, 1.165) is 43.8 Å². The van der Waals surface area contributed by atoms with Crippen LogP contribution in [-0.2, 0) is 6.54 Å². The summed E-state index contributed by atoms with van der Waals surface area (Å²) in [5.41, 5.74) is 10.3. The summed E-state index contributed by atoms with van der Waals surface area (Å²) in [6.45, 7) is 1.19. The summed E-state index contributed by atoms with van der Waals surface area (Å²) < 4.78 is 15.9. The summed E-state index contributed by atoms with van der Waals surface area (Å²) in [4.78, 5) is 12.3. The molecule has 5 rings (SSSR count). The van der Waals surface area contributed by atoms with Crippen molar-refractivity contribution < 1.29 is 4.39 Å². The molecule has 27 heavy (non-hydrogen) atoms. The molecule has 3 N–H and O–H groups in total. The number of halogens is 1. The molecule has 0 amide bonds. The first-order valence-corrected chi connectivity index (χ1v) is 9.49. The van der Waals surface area contributed by atoms with Gasteiger partial charge in [0.1, 0.15) is 16.5 Å². The largest absolute Gasteiger partial charge is 0.345 e. The van der Waals surface area contributed by atoms with E-state index in [1.165, 1.54) is 6.07 Å². The van der Waals surface area contributed by atoms with Gasteiger partial charge in [0.15, 0.2) is 0 Å². The molecular weight excluding hydrogens is 361 g/mol. The van der Waals surface area contributed by atoms with Gasteiger partial charge >= 0.3 is 0 Å². The Morgan fingerprint density at radius 1 is 1.19 bits per heavy atom. The third-order valence-electron chi connectivity index (χ3n) is 4.67. The number of hydrogen-bond acceptors (Lipinski definition) is 4. The summed E-state index contributed by atoms with van der Waals surface area (Å²) in [6, 6.07) is 8.77. The Balaban J connectivity index is 1.65. The van der Waals surface area contributed by atoms with E-state index in [-0.39, 0.29) is 5.82 Å². The van der Waals surface area contributed by atoms with E-state index in [1.807, 2.05) is 29.9 Å². The van der Waals surface area contributed by atoms with Crippen LogP contribution < -0.4 is 5.73 Å². The lowest BCUT2D eigenvalue weighted by atomic mass is 10.1. The lowest BCUT2D eigenvalue weighted by Crippen LogP contribution is -2.08. The number of thiazole rings is 1. The van der Waals surface area contributed by atoms with Gasteiger partial charge in [0.25, 0.3) is 0 Å². The maximum atomic E-state index is 13.9. The van der Waals surface area contributed by atoms with Crippen LogP contribution in [0.25, 0.3) is 43.8 Å². The second-order valence-corrected chi connectivity index (χ2v) is 7.18. The average Bonchev–Trinajstić information content (AvgIpc) is 3.38. The van der Waals surface area contributed by atoms with Crippen LogP contribution in [0, 0.1) is 5.82 Å². The first kappa shape index (κ1) is 16.2. The fourth-order valence-corrected chi connectivity index (χ4v) is 4.30. The molecule has 0 unspecified atom stereocenters. The molecule has 0 bridgehead atoms. The molecule has 5 nitrogen and oxygen atoms in total. The molecule has 0 saturated carbocycles. The normalized spacial score (nSPS) is 11.6. The monoisotopic (exact) mass is 377 g/mol. The molecule has 0 spiro atoms. The lowest BCUT2D eigenvalue weighted by Gasteiger charge is -2.01. The molecule has 4 heterocycles. The third kappa shape index (κ3) is 2.63.